The zero-order chi connectivity index (χ0) is 20.9. The van der Waals surface area contributed by atoms with Crippen molar-refractivity contribution in [1.29, 1.82) is 0 Å². The SMILES string of the molecule is Oc1cc(F)cc(-c2ccnc3[nH]c(-c4[nH]nc5ncc(-c6cn[nH]c6)cc45)cc23)c1. The zero-order valence-corrected chi connectivity index (χ0v) is 15.9. The summed E-state index contributed by atoms with van der Waals surface area (Å²) in [4.78, 5) is 12.1. The van der Waals surface area contributed by atoms with Crippen LogP contribution in [0.5, 0.6) is 5.75 Å². The number of nitrogens with zero attached hydrogens (tertiary/aromatic N) is 4. The van der Waals surface area contributed by atoms with Gasteiger partial charge in [0.25, 0.3) is 0 Å². The summed E-state index contributed by atoms with van der Waals surface area (Å²) in [5.74, 6) is -0.638. The first kappa shape index (κ1) is 17.3. The van der Waals surface area contributed by atoms with E-state index in [2.05, 4.69) is 35.3 Å². The number of benzene rings is 1. The third-order valence-corrected chi connectivity index (χ3v) is 5.24. The number of halogens is 1. The largest absolute Gasteiger partial charge is 0.508 e. The van der Waals surface area contributed by atoms with Crippen molar-refractivity contribution in [2.75, 3.05) is 0 Å². The Bertz CT molecular complexity index is 1550. The molecule has 6 rings (SSSR count). The van der Waals surface area contributed by atoms with Gasteiger partial charge in [0.05, 0.1) is 17.6 Å². The molecule has 4 N–H and O–H groups in total. The molecule has 9 heteroatoms. The lowest BCUT2D eigenvalue weighted by Crippen LogP contribution is -1.84. The molecular formula is C22H14FN7O. The van der Waals surface area contributed by atoms with Gasteiger partial charge < -0.3 is 10.1 Å². The average Bonchev–Trinajstić information content (AvgIpc) is 3.50. The molecule has 0 aliphatic heterocycles. The highest BCUT2D eigenvalue weighted by Crippen LogP contribution is 2.35. The first-order valence-corrected chi connectivity index (χ1v) is 9.47. The van der Waals surface area contributed by atoms with Crippen molar-refractivity contribution in [1.82, 2.24) is 35.3 Å². The number of pyridine rings is 2. The molecule has 5 aromatic heterocycles. The van der Waals surface area contributed by atoms with Crippen molar-refractivity contribution in [3.05, 3.63) is 67.0 Å². The third kappa shape index (κ3) is 2.83. The van der Waals surface area contributed by atoms with E-state index < -0.39 is 5.82 Å². The summed E-state index contributed by atoms with van der Waals surface area (Å²) < 4.78 is 13.9. The van der Waals surface area contributed by atoms with Crippen LogP contribution >= 0.6 is 0 Å². The standard InChI is InChI=1S/C22H14FN7O/c23-14-3-11(4-15(31)6-14)16-1-2-24-21-17(16)7-19(28-21)20-18-5-12(13-9-26-27-10-13)8-25-22(18)30-29-20/h1-10,31H,(H,24,28)(H,26,27)(H,25,29,30). The minimum absolute atomic E-state index is 0.131. The molecule has 0 bridgehead atoms. The number of aromatic nitrogens is 7. The molecule has 1 aromatic carbocycles. The Hall–Kier alpha value is -4.53. The summed E-state index contributed by atoms with van der Waals surface area (Å²) in [6.07, 6.45) is 6.93. The number of rotatable bonds is 3. The van der Waals surface area contributed by atoms with Crippen LogP contribution in [0.1, 0.15) is 0 Å². The van der Waals surface area contributed by atoms with Gasteiger partial charge in [0, 0.05) is 46.6 Å². The fourth-order valence-electron chi connectivity index (χ4n) is 3.81. The highest BCUT2D eigenvalue weighted by Gasteiger charge is 2.16. The van der Waals surface area contributed by atoms with Crippen molar-refractivity contribution in [2.24, 2.45) is 0 Å². The summed E-state index contributed by atoms with van der Waals surface area (Å²) in [6, 6.07) is 9.70. The molecule has 31 heavy (non-hydrogen) atoms. The second kappa shape index (κ2) is 6.49. The van der Waals surface area contributed by atoms with Crippen LogP contribution in [-0.2, 0) is 0 Å². The van der Waals surface area contributed by atoms with Gasteiger partial charge in [-0.3, -0.25) is 10.2 Å². The predicted molar refractivity (Wildman–Crippen MR) is 114 cm³/mol. The smallest absolute Gasteiger partial charge is 0.181 e. The van der Waals surface area contributed by atoms with Crippen LogP contribution in [0.3, 0.4) is 0 Å². The molecule has 0 aliphatic carbocycles. The monoisotopic (exact) mass is 411 g/mol. The zero-order valence-electron chi connectivity index (χ0n) is 15.9. The van der Waals surface area contributed by atoms with Crippen LogP contribution in [0.15, 0.2) is 61.2 Å². The van der Waals surface area contributed by atoms with Gasteiger partial charge in [0.15, 0.2) is 5.65 Å². The van der Waals surface area contributed by atoms with Crippen molar-refractivity contribution in [3.63, 3.8) is 0 Å². The molecule has 0 saturated carbocycles. The lowest BCUT2D eigenvalue weighted by molar-refractivity contribution is 0.469. The lowest BCUT2D eigenvalue weighted by Gasteiger charge is -2.04. The van der Waals surface area contributed by atoms with Gasteiger partial charge >= 0.3 is 0 Å². The van der Waals surface area contributed by atoms with Gasteiger partial charge in [-0.05, 0) is 41.5 Å². The number of H-pyrrole nitrogens is 3. The highest BCUT2D eigenvalue weighted by atomic mass is 19.1. The molecule has 0 saturated heterocycles. The number of hydrogen-bond donors (Lipinski definition) is 4. The topological polar surface area (TPSA) is 119 Å². The maximum atomic E-state index is 13.9. The van der Waals surface area contributed by atoms with Gasteiger partial charge in [-0.2, -0.15) is 10.2 Å². The first-order chi connectivity index (χ1) is 15.2. The van der Waals surface area contributed by atoms with Crippen LogP contribution in [0.2, 0.25) is 0 Å². The fourth-order valence-corrected chi connectivity index (χ4v) is 3.81. The molecule has 0 amide bonds. The Morgan fingerprint density at radius 3 is 2.68 bits per heavy atom. The number of aromatic hydroxyl groups is 1. The van der Waals surface area contributed by atoms with Gasteiger partial charge in [-0.1, -0.05) is 0 Å². The van der Waals surface area contributed by atoms with Crippen LogP contribution in [0, 0.1) is 5.82 Å². The van der Waals surface area contributed by atoms with Crippen molar-refractivity contribution < 1.29 is 9.50 Å². The van der Waals surface area contributed by atoms with E-state index in [0.717, 1.165) is 44.9 Å². The number of nitrogens with one attached hydrogen (secondary N) is 3. The third-order valence-electron chi connectivity index (χ3n) is 5.24. The normalized spacial score (nSPS) is 11.5. The van der Waals surface area contributed by atoms with E-state index in [4.69, 9.17) is 0 Å². The molecule has 0 aliphatic rings. The number of aromatic amines is 3. The Morgan fingerprint density at radius 1 is 0.903 bits per heavy atom. The number of phenols is 1. The Kier molecular flexibility index (Phi) is 3.63. The molecule has 0 spiro atoms. The van der Waals surface area contributed by atoms with Gasteiger partial charge in [0.2, 0.25) is 0 Å². The van der Waals surface area contributed by atoms with E-state index in [1.165, 1.54) is 12.1 Å². The van der Waals surface area contributed by atoms with Crippen molar-refractivity contribution >= 4 is 22.1 Å². The van der Waals surface area contributed by atoms with Gasteiger partial charge in [0.1, 0.15) is 17.2 Å². The fraction of sp³-hybridized carbons (Fsp3) is 0. The van der Waals surface area contributed by atoms with Gasteiger partial charge in [-0.15, -0.1) is 0 Å². The number of fused-ring (bicyclic) bond motifs is 2. The van der Waals surface area contributed by atoms with E-state index in [9.17, 15) is 9.50 Å². The highest BCUT2D eigenvalue weighted by molar-refractivity contribution is 5.99. The summed E-state index contributed by atoms with van der Waals surface area (Å²) in [6.45, 7) is 0. The molecule has 0 atom stereocenters. The van der Waals surface area contributed by atoms with Crippen LogP contribution < -0.4 is 0 Å². The molecule has 0 fully saturated rings. The predicted octanol–water partition coefficient (Wildman–Crippen LogP) is 4.40. The molecule has 150 valence electrons. The molecular weight excluding hydrogens is 397 g/mol. The minimum atomic E-state index is -0.506. The van der Waals surface area contributed by atoms with E-state index in [1.54, 1.807) is 30.9 Å². The van der Waals surface area contributed by atoms with E-state index >= 15 is 0 Å². The molecule has 6 aromatic rings. The van der Waals surface area contributed by atoms with Crippen molar-refractivity contribution in [3.8, 4) is 39.4 Å². The average molecular weight is 411 g/mol. The number of hydrogen-bond acceptors (Lipinski definition) is 5. The van der Waals surface area contributed by atoms with Crippen LogP contribution in [0.4, 0.5) is 4.39 Å². The molecule has 0 radical (unpaired) electrons. The van der Waals surface area contributed by atoms with Crippen LogP contribution in [-0.4, -0.2) is 40.5 Å². The second-order valence-electron chi connectivity index (χ2n) is 7.18. The Morgan fingerprint density at radius 2 is 1.84 bits per heavy atom. The lowest BCUT2D eigenvalue weighted by atomic mass is 10.0. The summed E-state index contributed by atoms with van der Waals surface area (Å²) in [7, 11) is 0. The van der Waals surface area contributed by atoms with Crippen LogP contribution in [0.25, 0.3) is 55.7 Å². The Balaban J connectivity index is 1.53. The van der Waals surface area contributed by atoms with E-state index in [-0.39, 0.29) is 5.75 Å². The summed E-state index contributed by atoms with van der Waals surface area (Å²) in [5, 5.41) is 25.6. The molecule has 8 nitrogen and oxygen atoms in total. The quantitative estimate of drug-likeness (QED) is 0.344. The Labute approximate surface area is 173 Å². The van der Waals surface area contributed by atoms with Gasteiger partial charge in [-0.25, -0.2) is 14.4 Å². The maximum Gasteiger partial charge on any atom is 0.181 e. The van der Waals surface area contributed by atoms with E-state index in [1.807, 2.05) is 12.1 Å². The second-order valence-corrected chi connectivity index (χ2v) is 7.18. The van der Waals surface area contributed by atoms with Crippen molar-refractivity contribution in [2.45, 2.75) is 0 Å². The first-order valence-electron chi connectivity index (χ1n) is 9.47. The summed E-state index contributed by atoms with van der Waals surface area (Å²) in [5.41, 5.74) is 5.91. The molecule has 5 heterocycles. The van der Waals surface area contributed by atoms with E-state index in [0.29, 0.717) is 16.9 Å². The minimum Gasteiger partial charge on any atom is -0.508 e. The summed E-state index contributed by atoms with van der Waals surface area (Å²) >= 11 is 0. The number of phenolic OH excluding ortho intramolecular Hbond substituents is 1. The maximum absolute atomic E-state index is 13.9. The molecule has 0 unspecified atom stereocenters.